The van der Waals surface area contributed by atoms with Gasteiger partial charge in [-0.25, -0.2) is 13.2 Å². The van der Waals surface area contributed by atoms with E-state index < -0.39 is 0 Å². The first kappa shape index (κ1) is 98.2. The second kappa shape index (κ2) is 37.3. The van der Waals surface area contributed by atoms with Gasteiger partial charge in [0, 0.05) is 218 Å². The number of thiophene rings is 2. The molecule has 0 spiro atoms. The summed E-state index contributed by atoms with van der Waals surface area (Å²) in [7, 11) is 0. The smallest absolute Gasteiger partial charge is 0.160 e. The number of fused-ring (bicyclic) bond motifs is 6. The lowest BCUT2D eigenvalue weighted by atomic mass is 9.65. The fraction of sp³-hybridized carbons (Fsp3) is 0.414. The maximum atomic E-state index is 14.6. The Kier molecular flexibility index (Phi) is 25.9. The normalized spacial score (nSPS) is 22.6. The predicted molar refractivity (Wildman–Crippen MR) is 548 cm³/mol. The molecule has 6 atom stereocenters. The van der Waals surface area contributed by atoms with Crippen molar-refractivity contribution in [1.29, 1.82) is 0 Å². The summed E-state index contributed by atoms with van der Waals surface area (Å²) in [5, 5.41) is 50.4. The number of aromatic amines is 6. The Balaban J connectivity index is 0.000000108. The second-order valence-corrected chi connectivity index (χ2v) is 48.9. The van der Waals surface area contributed by atoms with Crippen LogP contribution in [0.15, 0.2) is 193 Å². The summed E-state index contributed by atoms with van der Waals surface area (Å²) in [5.74, 6) is -0.0509. The molecule has 12 aliphatic rings. The first-order valence-electron chi connectivity index (χ1n) is 49.3. The zero-order chi connectivity index (χ0) is 100. The fourth-order valence-electron chi connectivity index (χ4n) is 25.6. The number of hydrogen-bond acceptors (Lipinski definition) is 14. The van der Waals surface area contributed by atoms with Gasteiger partial charge in [-0.1, -0.05) is 200 Å². The Hall–Kier alpha value is -11.6. The van der Waals surface area contributed by atoms with E-state index in [4.69, 9.17) is 23.2 Å². The molecule has 0 saturated carbocycles. The van der Waals surface area contributed by atoms with Crippen LogP contribution in [-0.2, 0) is 67.3 Å². The number of aromatic nitrogens is 12. The van der Waals surface area contributed by atoms with Crippen LogP contribution in [0.4, 0.5) is 13.2 Å². The largest absolute Gasteiger partial charge is 0.294 e. The van der Waals surface area contributed by atoms with E-state index in [-0.39, 0.29) is 114 Å². The van der Waals surface area contributed by atoms with E-state index in [9.17, 15) is 41.9 Å². The zero-order valence-electron chi connectivity index (χ0n) is 83.7. The molecule has 0 radical (unpaired) electrons. The van der Waals surface area contributed by atoms with Crippen molar-refractivity contribution in [2.75, 3.05) is 0 Å². The van der Waals surface area contributed by atoms with Crippen LogP contribution in [0.3, 0.4) is 0 Å². The number of carbonyl (C=O) groups is 6. The minimum Gasteiger partial charge on any atom is -0.294 e. The van der Waals surface area contributed by atoms with E-state index in [1.807, 2.05) is 77.1 Å². The molecule has 730 valence electrons. The number of allylic oxidation sites excluding steroid dienone is 12. The Morgan fingerprint density at radius 3 is 0.936 bits per heavy atom. The average Bonchev–Trinajstić information content (AvgIpc) is 1.38. The summed E-state index contributed by atoms with van der Waals surface area (Å²) < 4.78 is 42.6. The van der Waals surface area contributed by atoms with Crippen LogP contribution in [0.25, 0.3) is 0 Å². The molecule has 12 aromatic rings. The van der Waals surface area contributed by atoms with Crippen molar-refractivity contribution in [3.05, 3.63) is 354 Å². The van der Waals surface area contributed by atoms with Crippen molar-refractivity contribution in [3.8, 4) is 0 Å². The molecule has 4 aromatic carbocycles. The third-order valence-corrected chi connectivity index (χ3v) is 33.2. The highest BCUT2D eigenvalue weighted by Gasteiger charge is 2.50. The van der Waals surface area contributed by atoms with Gasteiger partial charge in [-0.3, -0.25) is 59.4 Å². The van der Waals surface area contributed by atoms with Gasteiger partial charge in [0.15, 0.2) is 34.7 Å². The van der Waals surface area contributed by atoms with Gasteiger partial charge in [0.05, 0.1) is 44.4 Å². The van der Waals surface area contributed by atoms with Gasteiger partial charge in [-0.2, -0.15) is 41.9 Å². The third kappa shape index (κ3) is 19.0. The van der Waals surface area contributed by atoms with Gasteiger partial charge >= 0.3 is 0 Å². The van der Waals surface area contributed by atoms with Crippen molar-refractivity contribution in [2.45, 2.75) is 276 Å². The number of benzene rings is 4. The number of halogens is 5. The highest BCUT2D eigenvalue weighted by molar-refractivity contribution is 7.16. The monoisotopic (exact) mass is 1970 g/mol. The molecular formula is C116H123Cl2F3N12O6S2. The van der Waals surface area contributed by atoms with E-state index in [0.29, 0.717) is 61.3 Å². The van der Waals surface area contributed by atoms with Gasteiger partial charge in [0.2, 0.25) is 0 Å². The van der Waals surface area contributed by atoms with Crippen molar-refractivity contribution in [2.24, 2.45) is 32.5 Å². The molecule has 6 N–H and O–H groups in total. The highest BCUT2D eigenvalue weighted by Crippen LogP contribution is 2.58. The van der Waals surface area contributed by atoms with Crippen molar-refractivity contribution in [3.63, 3.8) is 0 Å². The third-order valence-electron chi connectivity index (χ3n) is 30.8. The molecule has 6 unspecified atom stereocenters. The SMILES string of the molecule is Cc1[nH]nc2c1C(c1ccc(Cl)s1)C1=C(C2)CC(C)(C)CC1=O.Cc1[nH]nc2c1C(c1ccc(F)cc1)C1=C(C2)CC(C)(C)CC1=O.Cc1[nH]nc2c1C(c1cccc(F)c1)C1=C(C2)CC(C)(C)CC1=O.Cc1[nH]nc2c1C(c1ccccc1Cl)C1=C(C2)CC(C)(C)CC1=O.Cc1[nH]nc2c1C(c1ccccc1F)C1=C(C2)CC(C)(C)CC1=O.Cc1[nH]nc2c1C(c1ccsc1)C1=C(C2)CC(C)(C)CC1=O. The minimum atomic E-state index is -0.340. The van der Waals surface area contributed by atoms with Crippen LogP contribution in [0.5, 0.6) is 0 Å². The van der Waals surface area contributed by atoms with Crippen LogP contribution < -0.4 is 0 Å². The van der Waals surface area contributed by atoms with Crippen molar-refractivity contribution in [1.82, 2.24) is 61.2 Å². The molecule has 8 aromatic heterocycles. The Morgan fingerprint density at radius 1 is 0.305 bits per heavy atom. The lowest BCUT2D eigenvalue weighted by Gasteiger charge is -2.38. The van der Waals surface area contributed by atoms with E-state index in [1.165, 1.54) is 68.8 Å². The quantitative estimate of drug-likeness (QED) is 0.0907. The highest BCUT2D eigenvalue weighted by atomic mass is 35.5. The van der Waals surface area contributed by atoms with E-state index >= 15 is 0 Å². The molecular weight excluding hydrogens is 1850 g/mol. The minimum absolute atomic E-state index is 0.00593. The van der Waals surface area contributed by atoms with E-state index in [0.717, 1.165) is 226 Å². The van der Waals surface area contributed by atoms with Crippen LogP contribution >= 0.6 is 45.9 Å². The van der Waals surface area contributed by atoms with Crippen LogP contribution in [-0.4, -0.2) is 95.9 Å². The number of Topliss-reactive ketones (excluding diaryl/α,β-unsaturated/α-hetero) is 6. The number of nitrogens with zero attached hydrogens (tertiary/aromatic N) is 6. The molecule has 12 aliphatic carbocycles. The maximum Gasteiger partial charge on any atom is 0.160 e. The topological polar surface area (TPSA) is 274 Å². The molecule has 0 saturated heterocycles. The fourth-order valence-corrected chi connectivity index (χ4v) is 27.7. The number of H-pyrrole nitrogens is 6. The molecule has 0 fully saturated rings. The summed E-state index contributed by atoms with van der Waals surface area (Å²) in [6.45, 7) is 37.9. The number of hydrogen-bond donors (Lipinski definition) is 6. The Bertz CT molecular complexity index is 7190. The van der Waals surface area contributed by atoms with Gasteiger partial charge in [0.1, 0.15) is 17.5 Å². The first-order valence-corrected chi connectivity index (χ1v) is 51.8. The standard InChI is InChI=1S/C20H21ClN2O.3C20H21FN2O.C18H19ClN2OS.C18H20N2OS/c1-11-17-15(23-22-11)8-12-9-20(2,3)10-16(24)18(12)19(17)13-6-4-5-7-14(13)21;1-11-17-15(23-22-11)8-13-9-20(2,3)10-16(24)18(13)19(17)12-4-6-14(21)7-5-12;1-11-17-15(23-22-11)8-13-9-20(2,3)10-16(24)18(13)19(17)12-5-4-6-14(21)7-12;1-11-17-15(23-22-11)8-12-9-20(2,3)10-16(24)18(12)19(17)13-6-4-5-7-14(13)21;1-9-15-11(21-20-9)6-10-7-18(2,3)8-12(22)16(10)17(15)13-4-5-14(19)23-13;1-10-15-13(20-19-10)6-12-7-18(2,3)8-14(21)16(12)17(15)11-4-5-22-9-11/h4*4-7,19H,8-10H2,1-3H3,(H,22,23);4-5,17H,6-8H2,1-3H3,(H,20,21);4-5,9,17H,6-8H2,1-3H3,(H,19,20). The van der Waals surface area contributed by atoms with Gasteiger partial charge in [0.25, 0.3) is 0 Å². The molecule has 24 rings (SSSR count). The first-order chi connectivity index (χ1) is 66.8. The molecule has 0 amide bonds. The Morgan fingerprint density at radius 2 is 0.610 bits per heavy atom. The number of rotatable bonds is 6. The summed E-state index contributed by atoms with van der Waals surface area (Å²) in [6, 6.07) is 33.9. The van der Waals surface area contributed by atoms with Gasteiger partial charge < -0.3 is 0 Å². The van der Waals surface area contributed by atoms with Crippen LogP contribution in [0, 0.1) is 91.5 Å². The van der Waals surface area contributed by atoms with E-state index in [2.05, 4.69) is 174 Å². The number of ketones is 6. The summed E-state index contributed by atoms with van der Waals surface area (Å²) >= 11 is 15.9. The second-order valence-electron chi connectivity index (χ2n) is 46.0. The van der Waals surface area contributed by atoms with E-state index in [1.54, 1.807) is 59.1 Å². The molecule has 0 aliphatic heterocycles. The maximum absolute atomic E-state index is 14.6. The molecule has 18 nitrogen and oxygen atoms in total. The summed E-state index contributed by atoms with van der Waals surface area (Å²) in [5.41, 5.74) is 36.5. The number of aryl methyl sites for hydroxylation is 6. The lowest BCUT2D eigenvalue weighted by Crippen LogP contribution is -2.32. The summed E-state index contributed by atoms with van der Waals surface area (Å²) in [4.78, 5) is 79.0. The zero-order valence-corrected chi connectivity index (χ0v) is 86.8. The molecule has 0 bridgehead atoms. The lowest BCUT2D eigenvalue weighted by molar-refractivity contribution is -0.119. The summed E-state index contributed by atoms with van der Waals surface area (Å²) in [6.07, 6.45) is 13.6. The van der Waals surface area contributed by atoms with Gasteiger partial charge in [-0.15, -0.1) is 11.3 Å². The Labute approximate surface area is 840 Å². The molecule has 141 heavy (non-hydrogen) atoms. The molecule has 25 heteroatoms. The van der Waals surface area contributed by atoms with Crippen molar-refractivity contribution < 1.29 is 41.9 Å². The molecule has 8 heterocycles. The van der Waals surface area contributed by atoms with Gasteiger partial charge in [-0.05, 0) is 206 Å². The number of nitrogens with one attached hydrogen (secondary N) is 6. The average molecular weight is 1970 g/mol. The van der Waals surface area contributed by atoms with Crippen LogP contribution in [0.2, 0.25) is 9.36 Å². The van der Waals surface area contributed by atoms with Crippen molar-refractivity contribution >= 4 is 80.6 Å². The predicted octanol–water partition coefficient (Wildman–Crippen LogP) is 26.4. The number of carbonyl (C=O) groups excluding carboxylic acids is 6. The van der Waals surface area contributed by atoms with Crippen LogP contribution in [0.1, 0.15) is 330 Å².